The zero-order chi connectivity index (χ0) is 18.5. The van der Waals surface area contributed by atoms with Gasteiger partial charge in [0.15, 0.2) is 0 Å². The largest absolute Gasteiger partial charge is 0.369 e. The normalized spacial score (nSPS) is 16.7. The molecule has 3 aromatic rings. The van der Waals surface area contributed by atoms with Gasteiger partial charge in [0, 0.05) is 30.4 Å². The molecule has 136 valence electrons. The van der Waals surface area contributed by atoms with Crippen LogP contribution in [0.3, 0.4) is 0 Å². The van der Waals surface area contributed by atoms with Gasteiger partial charge in [0.1, 0.15) is 0 Å². The van der Waals surface area contributed by atoms with E-state index in [4.69, 9.17) is 0 Å². The highest BCUT2D eigenvalue weighted by atomic mass is 16.1. The van der Waals surface area contributed by atoms with Crippen LogP contribution in [0, 0.1) is 0 Å². The third kappa shape index (κ3) is 4.20. The number of nitrogens with one attached hydrogen (secondary N) is 1. The molecule has 1 fully saturated rings. The Morgan fingerprint density at radius 1 is 0.815 bits per heavy atom. The van der Waals surface area contributed by atoms with E-state index in [1.54, 1.807) is 0 Å². The van der Waals surface area contributed by atoms with Gasteiger partial charge in [-0.2, -0.15) is 0 Å². The molecule has 1 unspecified atom stereocenters. The summed E-state index contributed by atoms with van der Waals surface area (Å²) in [5.41, 5.74) is 4.23. The molecule has 3 aromatic carbocycles. The van der Waals surface area contributed by atoms with Crippen molar-refractivity contribution in [1.29, 1.82) is 0 Å². The van der Waals surface area contributed by atoms with E-state index in [1.807, 2.05) is 48.5 Å². The predicted octanol–water partition coefficient (Wildman–Crippen LogP) is 4.75. The Morgan fingerprint density at radius 3 is 2.15 bits per heavy atom. The number of para-hydroxylation sites is 1. The molecule has 1 aliphatic rings. The Morgan fingerprint density at radius 2 is 1.44 bits per heavy atom. The van der Waals surface area contributed by atoms with Crippen LogP contribution in [-0.2, 0) is 0 Å². The topological polar surface area (TPSA) is 32.3 Å². The van der Waals surface area contributed by atoms with E-state index in [-0.39, 0.29) is 11.9 Å². The Kier molecular flexibility index (Phi) is 5.20. The molecular formula is C24H24N2O. The highest BCUT2D eigenvalue weighted by molar-refractivity contribution is 5.95. The van der Waals surface area contributed by atoms with Gasteiger partial charge in [-0.25, -0.2) is 0 Å². The molecule has 27 heavy (non-hydrogen) atoms. The lowest BCUT2D eigenvalue weighted by atomic mass is 10.0. The lowest BCUT2D eigenvalue weighted by Crippen LogP contribution is -2.47. The van der Waals surface area contributed by atoms with Gasteiger partial charge in [0.2, 0.25) is 0 Å². The molecule has 0 spiro atoms. The number of rotatable bonds is 4. The molecule has 1 heterocycles. The quantitative estimate of drug-likeness (QED) is 0.731. The minimum Gasteiger partial charge on any atom is -0.369 e. The first-order valence-electron chi connectivity index (χ1n) is 9.56. The second-order valence-electron chi connectivity index (χ2n) is 7.04. The number of carbonyl (C=O) groups is 1. The van der Waals surface area contributed by atoms with E-state index in [0.717, 1.165) is 37.1 Å². The van der Waals surface area contributed by atoms with Crippen LogP contribution in [0.2, 0.25) is 0 Å². The molecule has 3 nitrogen and oxygen atoms in total. The van der Waals surface area contributed by atoms with Crippen molar-refractivity contribution in [2.24, 2.45) is 0 Å². The first-order valence-corrected chi connectivity index (χ1v) is 9.56. The molecule has 1 atom stereocenters. The molecule has 3 heteroatoms. The number of carbonyl (C=O) groups excluding carboxylic acids is 1. The first-order chi connectivity index (χ1) is 13.3. The van der Waals surface area contributed by atoms with E-state index in [0.29, 0.717) is 5.56 Å². The van der Waals surface area contributed by atoms with Crippen LogP contribution in [0.15, 0.2) is 84.9 Å². The van der Waals surface area contributed by atoms with E-state index in [2.05, 4.69) is 46.6 Å². The van der Waals surface area contributed by atoms with Gasteiger partial charge in [-0.05, 0) is 48.2 Å². The molecule has 1 aliphatic heterocycles. The summed E-state index contributed by atoms with van der Waals surface area (Å²) in [5, 5.41) is 3.21. The number of benzene rings is 3. The fraction of sp³-hybridized carbons (Fsp3) is 0.208. The monoisotopic (exact) mass is 356 g/mol. The van der Waals surface area contributed by atoms with E-state index in [1.165, 1.54) is 5.69 Å². The van der Waals surface area contributed by atoms with Crippen molar-refractivity contribution < 1.29 is 4.79 Å². The summed E-state index contributed by atoms with van der Waals surface area (Å²) in [6.45, 7) is 1.90. The predicted molar refractivity (Wildman–Crippen MR) is 111 cm³/mol. The summed E-state index contributed by atoms with van der Waals surface area (Å²) in [5.74, 6) is 0.00882. The maximum absolute atomic E-state index is 12.7. The standard InChI is InChI=1S/C24H24N2O/c27-24(21-15-13-20(14-16-21)19-8-3-1-4-9-19)25-22-10-7-17-26(18-22)23-11-5-2-6-12-23/h1-6,8-9,11-16,22H,7,10,17-18H2,(H,25,27). The van der Waals surface area contributed by atoms with Crippen molar-refractivity contribution in [2.75, 3.05) is 18.0 Å². The summed E-state index contributed by atoms with van der Waals surface area (Å²) in [4.78, 5) is 15.0. The number of hydrogen-bond donors (Lipinski definition) is 1. The molecule has 0 aromatic heterocycles. The third-order valence-corrected chi connectivity index (χ3v) is 5.13. The van der Waals surface area contributed by atoms with Gasteiger partial charge < -0.3 is 10.2 Å². The van der Waals surface area contributed by atoms with Crippen LogP contribution in [0.5, 0.6) is 0 Å². The van der Waals surface area contributed by atoms with Crippen LogP contribution >= 0.6 is 0 Å². The minimum atomic E-state index is 0.00882. The summed E-state index contributed by atoms with van der Waals surface area (Å²) >= 11 is 0. The highest BCUT2D eigenvalue weighted by Gasteiger charge is 2.22. The van der Waals surface area contributed by atoms with Crippen LogP contribution in [0.4, 0.5) is 5.69 Å². The Balaban J connectivity index is 1.40. The molecule has 1 N–H and O–H groups in total. The van der Waals surface area contributed by atoms with E-state index >= 15 is 0 Å². The van der Waals surface area contributed by atoms with Crippen LogP contribution in [0.25, 0.3) is 11.1 Å². The van der Waals surface area contributed by atoms with Crippen molar-refractivity contribution in [3.8, 4) is 11.1 Å². The number of amides is 1. The van der Waals surface area contributed by atoms with Crippen molar-refractivity contribution in [1.82, 2.24) is 5.32 Å². The molecule has 1 saturated heterocycles. The van der Waals surface area contributed by atoms with Gasteiger partial charge in [-0.1, -0.05) is 60.7 Å². The van der Waals surface area contributed by atoms with Gasteiger partial charge in [-0.3, -0.25) is 4.79 Å². The first kappa shape index (κ1) is 17.3. The minimum absolute atomic E-state index is 0.00882. The van der Waals surface area contributed by atoms with E-state index < -0.39 is 0 Å². The van der Waals surface area contributed by atoms with Gasteiger partial charge in [-0.15, -0.1) is 0 Å². The molecule has 0 aliphatic carbocycles. The zero-order valence-corrected chi connectivity index (χ0v) is 15.3. The molecule has 4 rings (SSSR count). The zero-order valence-electron chi connectivity index (χ0n) is 15.3. The van der Waals surface area contributed by atoms with Crippen molar-refractivity contribution in [2.45, 2.75) is 18.9 Å². The van der Waals surface area contributed by atoms with Crippen molar-refractivity contribution in [3.63, 3.8) is 0 Å². The number of nitrogens with zero attached hydrogens (tertiary/aromatic N) is 1. The van der Waals surface area contributed by atoms with Crippen LogP contribution < -0.4 is 10.2 Å². The summed E-state index contributed by atoms with van der Waals surface area (Å²) in [7, 11) is 0. The lowest BCUT2D eigenvalue weighted by molar-refractivity contribution is 0.0933. The number of hydrogen-bond acceptors (Lipinski definition) is 2. The Labute approximate surface area is 160 Å². The average Bonchev–Trinajstić information content (AvgIpc) is 2.75. The van der Waals surface area contributed by atoms with Crippen LogP contribution in [-0.4, -0.2) is 25.0 Å². The summed E-state index contributed by atoms with van der Waals surface area (Å²) < 4.78 is 0. The van der Waals surface area contributed by atoms with Gasteiger partial charge >= 0.3 is 0 Å². The van der Waals surface area contributed by atoms with E-state index in [9.17, 15) is 4.79 Å². The van der Waals surface area contributed by atoms with Crippen LogP contribution in [0.1, 0.15) is 23.2 Å². The molecule has 0 radical (unpaired) electrons. The second kappa shape index (κ2) is 8.09. The Hall–Kier alpha value is -3.07. The third-order valence-electron chi connectivity index (χ3n) is 5.13. The van der Waals surface area contributed by atoms with Crippen molar-refractivity contribution in [3.05, 3.63) is 90.5 Å². The average molecular weight is 356 g/mol. The maximum atomic E-state index is 12.7. The van der Waals surface area contributed by atoms with Crippen molar-refractivity contribution >= 4 is 11.6 Å². The smallest absolute Gasteiger partial charge is 0.251 e. The molecular weight excluding hydrogens is 332 g/mol. The highest BCUT2D eigenvalue weighted by Crippen LogP contribution is 2.21. The number of anilines is 1. The SMILES string of the molecule is O=C(NC1CCCN(c2ccccc2)C1)c1ccc(-c2ccccc2)cc1. The number of piperidine rings is 1. The second-order valence-corrected chi connectivity index (χ2v) is 7.04. The molecule has 1 amide bonds. The summed E-state index contributed by atoms with van der Waals surface area (Å²) in [6.07, 6.45) is 2.12. The fourth-order valence-electron chi connectivity index (χ4n) is 3.68. The van der Waals surface area contributed by atoms with Gasteiger partial charge in [0.05, 0.1) is 0 Å². The maximum Gasteiger partial charge on any atom is 0.251 e. The fourth-order valence-corrected chi connectivity index (χ4v) is 3.68. The molecule has 0 saturated carbocycles. The molecule has 0 bridgehead atoms. The lowest BCUT2D eigenvalue weighted by Gasteiger charge is -2.34. The van der Waals surface area contributed by atoms with Gasteiger partial charge in [0.25, 0.3) is 5.91 Å². The summed E-state index contributed by atoms with van der Waals surface area (Å²) in [6, 6.07) is 28.7. The Bertz CT molecular complexity index is 875.